The van der Waals surface area contributed by atoms with Gasteiger partial charge in [0.25, 0.3) is 0 Å². The van der Waals surface area contributed by atoms with Gasteiger partial charge >= 0.3 is 0 Å². The second kappa shape index (κ2) is 16.1. The predicted octanol–water partition coefficient (Wildman–Crippen LogP) is 20.7. The summed E-state index contributed by atoms with van der Waals surface area (Å²) in [7, 11) is 0. The van der Waals surface area contributed by atoms with Crippen molar-refractivity contribution in [3.05, 3.63) is 330 Å². The van der Waals surface area contributed by atoms with Crippen molar-refractivity contribution in [3.63, 3.8) is 0 Å². The second-order valence-electron chi connectivity index (χ2n) is 22.8. The van der Waals surface area contributed by atoms with Crippen LogP contribution in [0.4, 0.5) is 17.1 Å². The number of rotatable bonds is 3. The summed E-state index contributed by atoms with van der Waals surface area (Å²) in [4.78, 5) is 2.69. The van der Waals surface area contributed by atoms with Crippen molar-refractivity contribution in [2.45, 2.75) is 10.8 Å². The minimum Gasteiger partial charge on any atom is -0.455 e. The average Bonchev–Trinajstić information content (AvgIpc) is 4.16. The van der Waals surface area contributed by atoms with Crippen molar-refractivity contribution in [3.8, 4) is 89.0 Å². The van der Waals surface area contributed by atoms with Crippen LogP contribution in [0.25, 0.3) is 111 Å². The molecule has 14 aromatic rings. The van der Waals surface area contributed by atoms with Crippen molar-refractivity contribution in [1.82, 2.24) is 0 Å². The van der Waals surface area contributed by atoms with Gasteiger partial charge in [-0.15, -0.1) is 0 Å². The molecule has 5 aliphatic rings. The first kappa shape index (κ1) is 44.3. The summed E-state index contributed by atoms with van der Waals surface area (Å²) in [5.41, 5.74) is 34.0. The molecular weight excluding hydrogens is 991 g/mol. The van der Waals surface area contributed by atoms with Gasteiger partial charge in [0.15, 0.2) is 0 Å². The number of hydrogen-bond acceptors (Lipinski definition) is 2. The molecule has 1 unspecified atom stereocenters. The van der Waals surface area contributed by atoms with Crippen LogP contribution >= 0.6 is 0 Å². The third-order valence-corrected chi connectivity index (χ3v) is 19.3. The topological polar surface area (TPSA) is 16.4 Å². The fourth-order valence-corrected chi connectivity index (χ4v) is 16.4. The molecule has 2 heteroatoms. The number of fused-ring (bicyclic) bond motifs is 32. The molecule has 0 bridgehead atoms. The van der Waals surface area contributed by atoms with E-state index in [1.165, 1.54) is 134 Å². The Kier molecular flexibility index (Phi) is 8.69. The van der Waals surface area contributed by atoms with Crippen molar-refractivity contribution >= 4 is 39.0 Å². The van der Waals surface area contributed by atoms with E-state index >= 15 is 0 Å². The number of hydrogen-bond donors (Lipinski definition) is 0. The quantitative estimate of drug-likeness (QED) is 0.175. The van der Waals surface area contributed by atoms with Gasteiger partial charge < -0.3 is 9.32 Å². The zero-order chi connectivity index (χ0) is 53.4. The van der Waals surface area contributed by atoms with Gasteiger partial charge in [-0.25, -0.2) is 0 Å². The summed E-state index contributed by atoms with van der Waals surface area (Å²) in [6, 6.07) is 108. The molecule has 13 aromatic carbocycles. The van der Waals surface area contributed by atoms with E-state index in [9.17, 15) is 0 Å². The third-order valence-electron chi connectivity index (χ3n) is 19.3. The number of benzene rings is 13. The summed E-state index contributed by atoms with van der Waals surface area (Å²) in [6.07, 6.45) is 0. The maximum atomic E-state index is 7.00. The molecule has 2 nitrogen and oxygen atoms in total. The molecule has 0 radical (unpaired) electrons. The van der Waals surface area contributed by atoms with Crippen molar-refractivity contribution in [2.24, 2.45) is 0 Å². The number of para-hydroxylation sites is 1. The van der Waals surface area contributed by atoms with Gasteiger partial charge in [0.2, 0.25) is 0 Å². The zero-order valence-electron chi connectivity index (χ0n) is 44.5. The number of furan rings is 1. The first-order chi connectivity index (χ1) is 40.7. The van der Waals surface area contributed by atoms with Crippen LogP contribution in [-0.2, 0) is 10.8 Å². The summed E-state index contributed by atoms with van der Waals surface area (Å²) in [5, 5.41) is 2.28. The Morgan fingerprint density at radius 2 is 0.537 bits per heavy atom. The minimum absolute atomic E-state index is 0.546. The van der Waals surface area contributed by atoms with Crippen LogP contribution in [0.5, 0.6) is 0 Å². The number of anilines is 3. The summed E-state index contributed by atoms with van der Waals surface area (Å²) >= 11 is 0. The molecule has 1 aromatic heterocycles. The van der Waals surface area contributed by atoms with Gasteiger partial charge in [-0.1, -0.05) is 261 Å². The van der Waals surface area contributed by atoms with E-state index in [2.05, 4.69) is 290 Å². The van der Waals surface area contributed by atoms with E-state index in [0.29, 0.717) is 0 Å². The van der Waals surface area contributed by atoms with E-state index in [0.717, 1.165) is 39.0 Å². The van der Waals surface area contributed by atoms with E-state index in [4.69, 9.17) is 4.42 Å². The maximum Gasteiger partial charge on any atom is 0.143 e. The highest BCUT2D eigenvalue weighted by Crippen LogP contribution is 2.69. The lowest BCUT2D eigenvalue weighted by Gasteiger charge is -2.35. The van der Waals surface area contributed by atoms with E-state index in [-0.39, 0.29) is 0 Å². The van der Waals surface area contributed by atoms with Crippen molar-refractivity contribution in [2.75, 3.05) is 4.90 Å². The molecule has 0 aliphatic heterocycles. The smallest absolute Gasteiger partial charge is 0.143 e. The second-order valence-corrected chi connectivity index (χ2v) is 22.8. The predicted molar refractivity (Wildman–Crippen MR) is 336 cm³/mol. The largest absolute Gasteiger partial charge is 0.455 e. The Morgan fingerprint density at radius 3 is 1.06 bits per heavy atom. The molecule has 0 N–H and O–H groups in total. The molecule has 1 heterocycles. The molecule has 0 saturated carbocycles. The van der Waals surface area contributed by atoms with Crippen LogP contribution in [0.1, 0.15) is 44.5 Å². The average molecular weight is 1040 g/mol. The monoisotopic (exact) mass is 1040 g/mol. The molecule has 2 spiro atoms. The minimum atomic E-state index is -0.653. The lowest BCUT2D eigenvalue weighted by atomic mass is 9.70. The van der Waals surface area contributed by atoms with Gasteiger partial charge in [0, 0.05) is 33.0 Å². The Labute approximate surface area is 475 Å². The molecule has 19 rings (SSSR count). The van der Waals surface area contributed by atoms with Crippen LogP contribution < -0.4 is 4.90 Å². The zero-order valence-corrected chi connectivity index (χ0v) is 44.5. The maximum absolute atomic E-state index is 7.00. The lowest BCUT2D eigenvalue weighted by Crippen LogP contribution is -2.26. The SMILES string of the molecule is c1ccc2c(c1)-c1ccccc1-c1cccc(N(c3cccc4c3-c3ccccc3C43c4ccccc4-c4ccccc43)c3cccc4c3-c3ccccc3C43c4ccccc4-c4c3ccc3c4oc4ccccc43)c1-c1ccccc1-2. The van der Waals surface area contributed by atoms with Crippen LogP contribution in [-0.4, -0.2) is 0 Å². The fourth-order valence-electron chi connectivity index (χ4n) is 16.4. The molecule has 1 atom stereocenters. The molecule has 0 fully saturated rings. The first-order valence-corrected chi connectivity index (χ1v) is 28.7. The third kappa shape index (κ3) is 5.32. The Morgan fingerprint density at radius 1 is 0.207 bits per heavy atom. The fraction of sp³-hybridized carbons (Fsp3) is 0.0250. The van der Waals surface area contributed by atoms with Crippen LogP contribution in [0.2, 0.25) is 0 Å². The van der Waals surface area contributed by atoms with Gasteiger partial charge in [0.05, 0.1) is 27.9 Å². The van der Waals surface area contributed by atoms with Crippen molar-refractivity contribution < 1.29 is 4.42 Å². The van der Waals surface area contributed by atoms with Crippen molar-refractivity contribution in [1.29, 1.82) is 0 Å². The van der Waals surface area contributed by atoms with Crippen LogP contribution in [0.15, 0.2) is 290 Å². The van der Waals surface area contributed by atoms with Crippen LogP contribution in [0, 0.1) is 0 Å². The summed E-state index contributed by atoms with van der Waals surface area (Å²) in [6.45, 7) is 0. The van der Waals surface area contributed by atoms with E-state index in [1.807, 2.05) is 0 Å². The molecule has 0 amide bonds. The number of nitrogens with zero attached hydrogens (tertiary/aromatic N) is 1. The van der Waals surface area contributed by atoms with Gasteiger partial charge in [-0.2, -0.15) is 0 Å². The highest BCUT2D eigenvalue weighted by molar-refractivity contribution is 6.15. The Bertz CT molecular complexity index is 5100. The molecule has 378 valence electrons. The van der Waals surface area contributed by atoms with Gasteiger partial charge in [-0.3, -0.25) is 0 Å². The first-order valence-electron chi connectivity index (χ1n) is 28.7. The lowest BCUT2D eigenvalue weighted by molar-refractivity contribution is 0.669. The Balaban J connectivity index is 0.967. The van der Waals surface area contributed by atoms with E-state index in [1.54, 1.807) is 0 Å². The van der Waals surface area contributed by atoms with Gasteiger partial charge in [0.1, 0.15) is 11.2 Å². The highest BCUT2D eigenvalue weighted by atomic mass is 16.3. The van der Waals surface area contributed by atoms with E-state index < -0.39 is 10.8 Å². The standard InChI is InChI=1S/C80H47NO/c1-2-23-49-48(22-1)50-24-3-4-25-52(50)57-34-19-42-70(74(57)56-30-6-5-26-51(49)56)81(71-43-20-40-67-75(71)59-31-9-15-37-64(59)79(67)62-35-13-7-27-53(62)54-28-8-14-36-63(54)79)72-44-21-41-68-76(72)60-32-10-16-38-65(60)80(68)66-39-17-11-33-61(66)77-69(80)47-46-58-55-29-12-18-45-73(55)82-78(58)77/h1-47H. The van der Waals surface area contributed by atoms with Crippen LogP contribution in [0.3, 0.4) is 0 Å². The summed E-state index contributed by atoms with van der Waals surface area (Å²) in [5.74, 6) is 0. The molecule has 82 heavy (non-hydrogen) atoms. The normalized spacial score (nSPS) is 15.2. The molecule has 5 aliphatic carbocycles. The van der Waals surface area contributed by atoms with Gasteiger partial charge in [-0.05, 0) is 136 Å². The highest BCUT2D eigenvalue weighted by Gasteiger charge is 2.55. The Hall–Kier alpha value is -10.5. The molecule has 0 saturated heterocycles. The molecular formula is C80H47NO. The summed E-state index contributed by atoms with van der Waals surface area (Å²) < 4.78 is 7.00.